The predicted molar refractivity (Wildman–Crippen MR) is 72.3 cm³/mol. The summed E-state index contributed by atoms with van der Waals surface area (Å²) in [6.07, 6.45) is 0.300. The molecular weight excluding hydrogens is 242 g/mol. The second-order valence-electron chi connectivity index (χ2n) is 5.12. The van der Waals surface area contributed by atoms with Crippen LogP contribution in [-0.2, 0) is 16.0 Å². The average molecular weight is 264 g/mol. The van der Waals surface area contributed by atoms with Crippen LogP contribution in [0.5, 0.6) is 0 Å². The van der Waals surface area contributed by atoms with Crippen LogP contribution in [0.2, 0.25) is 0 Å². The number of rotatable bonds is 4. The van der Waals surface area contributed by atoms with Gasteiger partial charge in [-0.15, -0.1) is 0 Å². The summed E-state index contributed by atoms with van der Waals surface area (Å²) in [7, 11) is 0. The molecule has 1 aliphatic heterocycles. The van der Waals surface area contributed by atoms with Gasteiger partial charge in [0, 0.05) is 0 Å². The van der Waals surface area contributed by atoms with E-state index in [0.717, 1.165) is 18.7 Å². The summed E-state index contributed by atoms with van der Waals surface area (Å²) in [5.41, 5.74) is -0.517. The number of carbonyl (C=O) groups excluding carboxylic acids is 1. The van der Waals surface area contributed by atoms with Gasteiger partial charge in [-0.2, -0.15) is 0 Å². The summed E-state index contributed by atoms with van der Waals surface area (Å²) in [6, 6.07) is 9.62. The Kier molecular flexibility index (Phi) is 3.92. The molecule has 1 saturated heterocycles. The second-order valence-corrected chi connectivity index (χ2v) is 5.12. The normalized spacial score (nSPS) is 25.9. The number of benzene rings is 1. The van der Waals surface area contributed by atoms with E-state index in [9.17, 15) is 9.90 Å². The molecule has 1 aliphatic rings. The number of hydrogen-bond acceptors (Lipinski definition) is 3. The average Bonchev–Trinajstić information content (AvgIpc) is 2.43. The summed E-state index contributed by atoms with van der Waals surface area (Å²) in [4.78, 5) is 12.2. The highest BCUT2D eigenvalue weighted by Crippen LogP contribution is 2.31. The smallest absolute Gasteiger partial charge is 0.398 e. The van der Waals surface area contributed by atoms with Gasteiger partial charge in [0.1, 0.15) is 13.2 Å². The molecule has 0 aromatic heterocycles. The van der Waals surface area contributed by atoms with Gasteiger partial charge in [0.15, 0.2) is 0 Å². The maximum atomic E-state index is 12.2. The van der Waals surface area contributed by atoms with Crippen LogP contribution in [0.1, 0.15) is 19.4 Å². The van der Waals surface area contributed by atoms with Gasteiger partial charge in [0.05, 0.1) is 19.5 Å². The molecule has 0 spiro atoms. The molecule has 0 bridgehead atoms. The fourth-order valence-corrected chi connectivity index (χ4v) is 2.99. The standard InChI is InChI=1S/C15H22NO3/c1-3-16(4-2)10-11-19-14(17)15(16,18)12-13-8-6-5-7-9-13/h5-9,18H,3-4,10-12H2,1-2H3/q+1. The van der Waals surface area contributed by atoms with Crippen LogP contribution in [-0.4, -0.2) is 47.5 Å². The summed E-state index contributed by atoms with van der Waals surface area (Å²) in [5.74, 6) is -0.494. The third kappa shape index (κ3) is 2.26. The SMILES string of the molecule is CC[N+]1(CC)CCOC(=O)C1(O)Cc1ccccc1. The molecule has 0 aliphatic carbocycles. The molecule has 0 amide bonds. The van der Waals surface area contributed by atoms with E-state index in [1.807, 2.05) is 44.2 Å². The Hall–Kier alpha value is -1.39. The highest BCUT2D eigenvalue weighted by atomic mass is 16.6. The van der Waals surface area contributed by atoms with Crippen molar-refractivity contribution < 1.29 is 19.1 Å². The predicted octanol–water partition coefficient (Wildman–Crippen LogP) is 1.33. The second kappa shape index (κ2) is 5.31. The van der Waals surface area contributed by atoms with E-state index in [2.05, 4.69) is 0 Å². The van der Waals surface area contributed by atoms with Crippen LogP contribution < -0.4 is 0 Å². The number of quaternary nitrogens is 1. The monoisotopic (exact) mass is 264 g/mol. The number of likely N-dealkylation sites (N-methyl/N-ethyl adjacent to an activating group) is 1. The van der Waals surface area contributed by atoms with Gasteiger partial charge >= 0.3 is 11.7 Å². The van der Waals surface area contributed by atoms with Gasteiger partial charge < -0.3 is 9.84 Å². The Labute approximate surface area is 114 Å². The zero-order valence-corrected chi connectivity index (χ0v) is 11.6. The lowest BCUT2D eigenvalue weighted by Gasteiger charge is -2.49. The number of esters is 1. The quantitative estimate of drug-likeness (QED) is 0.659. The van der Waals surface area contributed by atoms with Gasteiger partial charge in [-0.25, -0.2) is 4.79 Å². The van der Waals surface area contributed by atoms with Crippen molar-refractivity contribution in [3.8, 4) is 0 Å². The van der Waals surface area contributed by atoms with Crippen molar-refractivity contribution in [2.45, 2.75) is 26.0 Å². The Bertz CT molecular complexity index is 442. The van der Waals surface area contributed by atoms with Crippen molar-refractivity contribution in [3.05, 3.63) is 35.9 Å². The summed E-state index contributed by atoms with van der Waals surface area (Å²) < 4.78 is 5.50. The van der Waals surface area contributed by atoms with E-state index in [1.54, 1.807) is 0 Å². The molecule has 4 nitrogen and oxygen atoms in total. The zero-order valence-electron chi connectivity index (χ0n) is 11.6. The fourth-order valence-electron chi connectivity index (χ4n) is 2.99. The number of aliphatic hydroxyl groups is 1. The van der Waals surface area contributed by atoms with Crippen LogP contribution in [0.3, 0.4) is 0 Å². The van der Waals surface area contributed by atoms with E-state index in [0.29, 0.717) is 24.1 Å². The maximum absolute atomic E-state index is 12.2. The topological polar surface area (TPSA) is 46.5 Å². The fraction of sp³-hybridized carbons (Fsp3) is 0.533. The van der Waals surface area contributed by atoms with Crippen LogP contribution in [0.25, 0.3) is 0 Å². The van der Waals surface area contributed by atoms with E-state index in [-0.39, 0.29) is 0 Å². The number of cyclic esters (lactones) is 1. The Morgan fingerprint density at radius 1 is 1.26 bits per heavy atom. The van der Waals surface area contributed by atoms with Crippen molar-refractivity contribution in [2.24, 2.45) is 0 Å². The molecule has 1 heterocycles. The van der Waals surface area contributed by atoms with E-state index in [1.165, 1.54) is 0 Å². The van der Waals surface area contributed by atoms with Crippen LogP contribution in [0, 0.1) is 0 Å². The third-order valence-corrected chi connectivity index (χ3v) is 4.37. The first-order chi connectivity index (χ1) is 9.08. The molecule has 1 atom stereocenters. The largest absolute Gasteiger partial charge is 0.453 e. The number of hydrogen-bond donors (Lipinski definition) is 1. The van der Waals surface area contributed by atoms with E-state index < -0.39 is 11.7 Å². The summed E-state index contributed by atoms with van der Waals surface area (Å²) in [5, 5.41) is 11.0. The minimum Gasteiger partial charge on any atom is -0.453 e. The molecule has 4 heteroatoms. The molecule has 1 aromatic carbocycles. The first-order valence-corrected chi connectivity index (χ1v) is 6.87. The van der Waals surface area contributed by atoms with Gasteiger partial charge in [-0.05, 0) is 19.4 Å². The minimum absolute atomic E-state index is 0.300. The van der Waals surface area contributed by atoms with Gasteiger partial charge in [-0.1, -0.05) is 30.3 Å². The highest BCUT2D eigenvalue weighted by molar-refractivity contribution is 5.78. The van der Waals surface area contributed by atoms with Crippen molar-refractivity contribution >= 4 is 5.97 Å². The van der Waals surface area contributed by atoms with Crippen LogP contribution >= 0.6 is 0 Å². The van der Waals surface area contributed by atoms with Crippen LogP contribution in [0.4, 0.5) is 0 Å². The first kappa shape index (κ1) is 14.0. The summed E-state index contributed by atoms with van der Waals surface area (Å²) in [6.45, 7) is 6.51. The van der Waals surface area contributed by atoms with Crippen molar-refractivity contribution in [1.29, 1.82) is 0 Å². The molecule has 1 unspecified atom stereocenters. The Balaban J connectivity index is 2.37. The number of carbonyl (C=O) groups is 1. The van der Waals surface area contributed by atoms with Crippen LogP contribution in [0.15, 0.2) is 30.3 Å². The molecule has 0 saturated carbocycles. The molecule has 2 rings (SSSR count). The molecule has 1 N–H and O–H groups in total. The maximum Gasteiger partial charge on any atom is 0.398 e. The van der Waals surface area contributed by atoms with Crippen molar-refractivity contribution in [2.75, 3.05) is 26.2 Å². The molecule has 0 radical (unpaired) electrons. The highest BCUT2D eigenvalue weighted by Gasteiger charge is 2.58. The lowest BCUT2D eigenvalue weighted by molar-refractivity contribution is -0.991. The van der Waals surface area contributed by atoms with Crippen molar-refractivity contribution in [1.82, 2.24) is 0 Å². The Morgan fingerprint density at radius 2 is 1.89 bits per heavy atom. The minimum atomic E-state index is -1.47. The lowest BCUT2D eigenvalue weighted by Crippen LogP contribution is -2.73. The zero-order chi connectivity index (χ0) is 13.9. The van der Waals surface area contributed by atoms with E-state index >= 15 is 0 Å². The van der Waals surface area contributed by atoms with Crippen molar-refractivity contribution in [3.63, 3.8) is 0 Å². The molecule has 19 heavy (non-hydrogen) atoms. The molecule has 104 valence electrons. The first-order valence-electron chi connectivity index (χ1n) is 6.87. The molecule has 1 fully saturated rings. The number of morpholine rings is 1. The number of nitrogens with zero attached hydrogens (tertiary/aromatic N) is 1. The summed E-state index contributed by atoms with van der Waals surface area (Å²) >= 11 is 0. The van der Waals surface area contributed by atoms with E-state index in [4.69, 9.17) is 4.74 Å². The van der Waals surface area contributed by atoms with Gasteiger partial charge in [0.25, 0.3) is 0 Å². The lowest BCUT2D eigenvalue weighted by atomic mass is 9.96. The third-order valence-electron chi connectivity index (χ3n) is 4.37. The molecular formula is C15H22NO3+. The number of ether oxygens (including phenoxy) is 1. The van der Waals surface area contributed by atoms with Gasteiger partial charge in [-0.3, -0.25) is 4.48 Å². The van der Waals surface area contributed by atoms with Gasteiger partial charge in [0.2, 0.25) is 0 Å². The molecule has 1 aromatic rings. The Morgan fingerprint density at radius 3 is 2.47 bits per heavy atom.